The van der Waals surface area contributed by atoms with Gasteiger partial charge in [0.2, 0.25) is 11.8 Å². The van der Waals surface area contributed by atoms with E-state index >= 15 is 0 Å². The fourth-order valence-corrected chi connectivity index (χ4v) is 1.88. The first-order chi connectivity index (χ1) is 8.31. The maximum Gasteiger partial charge on any atom is 0.226 e. The van der Waals surface area contributed by atoms with Crippen LogP contribution >= 0.6 is 0 Å². The van der Waals surface area contributed by atoms with E-state index in [1.165, 1.54) is 0 Å². The summed E-state index contributed by atoms with van der Waals surface area (Å²) >= 11 is 0. The molecule has 17 heavy (non-hydrogen) atoms. The van der Waals surface area contributed by atoms with E-state index in [1.807, 2.05) is 13.8 Å². The molecule has 5 nitrogen and oxygen atoms in total. The number of rotatable bonds is 6. The molecule has 1 aliphatic carbocycles. The Morgan fingerprint density at radius 2 is 2.18 bits per heavy atom. The first kappa shape index (κ1) is 12.1. The fraction of sp³-hybridized carbons (Fsp3) is 0.667. The van der Waals surface area contributed by atoms with Gasteiger partial charge in [-0.3, -0.25) is 0 Å². The monoisotopic (exact) mass is 237 g/mol. The van der Waals surface area contributed by atoms with E-state index in [1.54, 1.807) is 12.3 Å². The van der Waals surface area contributed by atoms with Gasteiger partial charge in [0.1, 0.15) is 0 Å². The van der Waals surface area contributed by atoms with E-state index in [-0.39, 0.29) is 0 Å². The summed E-state index contributed by atoms with van der Waals surface area (Å²) < 4.78 is 10.8. The SMILES string of the molecule is CCOc1ccnc(NC2CC(OCC)C2)n1. The Bertz CT molecular complexity index is 353. The van der Waals surface area contributed by atoms with Gasteiger partial charge in [0.15, 0.2) is 0 Å². The summed E-state index contributed by atoms with van der Waals surface area (Å²) in [6, 6.07) is 2.18. The average molecular weight is 237 g/mol. The number of aromatic nitrogens is 2. The molecule has 2 rings (SSSR count). The van der Waals surface area contributed by atoms with Gasteiger partial charge in [-0.25, -0.2) is 4.98 Å². The van der Waals surface area contributed by atoms with Crippen molar-refractivity contribution in [2.45, 2.75) is 38.8 Å². The largest absolute Gasteiger partial charge is 0.478 e. The van der Waals surface area contributed by atoms with Gasteiger partial charge in [0.05, 0.1) is 12.7 Å². The standard InChI is InChI=1S/C12H19N3O2/c1-3-16-10-7-9(8-10)14-12-13-6-5-11(15-12)17-4-2/h5-6,9-10H,3-4,7-8H2,1-2H3,(H,13,14,15). The van der Waals surface area contributed by atoms with Crippen LogP contribution in [0.25, 0.3) is 0 Å². The summed E-state index contributed by atoms with van der Waals surface area (Å²) in [6.45, 7) is 5.36. The Kier molecular flexibility index (Phi) is 4.14. The second-order valence-electron chi connectivity index (χ2n) is 4.04. The molecule has 0 spiro atoms. The smallest absolute Gasteiger partial charge is 0.226 e. The van der Waals surface area contributed by atoms with Crippen molar-refractivity contribution in [2.24, 2.45) is 0 Å². The van der Waals surface area contributed by atoms with Gasteiger partial charge in [0, 0.05) is 24.9 Å². The molecule has 0 saturated heterocycles. The van der Waals surface area contributed by atoms with E-state index in [4.69, 9.17) is 9.47 Å². The minimum atomic E-state index is 0.396. The van der Waals surface area contributed by atoms with Crippen molar-refractivity contribution in [3.63, 3.8) is 0 Å². The summed E-state index contributed by atoms with van der Waals surface area (Å²) in [5.74, 6) is 1.25. The first-order valence-electron chi connectivity index (χ1n) is 6.15. The van der Waals surface area contributed by atoms with Crippen LogP contribution in [0.3, 0.4) is 0 Å². The van der Waals surface area contributed by atoms with Gasteiger partial charge in [-0.1, -0.05) is 0 Å². The third-order valence-corrected chi connectivity index (χ3v) is 2.75. The lowest BCUT2D eigenvalue weighted by molar-refractivity contribution is 0.00284. The molecule has 1 aliphatic rings. The van der Waals surface area contributed by atoms with Gasteiger partial charge >= 0.3 is 0 Å². The number of hydrogen-bond acceptors (Lipinski definition) is 5. The molecule has 0 aliphatic heterocycles. The van der Waals surface area contributed by atoms with Gasteiger partial charge in [0.25, 0.3) is 0 Å². The zero-order chi connectivity index (χ0) is 12.1. The fourth-order valence-electron chi connectivity index (χ4n) is 1.88. The number of anilines is 1. The highest BCUT2D eigenvalue weighted by molar-refractivity contribution is 5.30. The molecule has 1 aromatic heterocycles. The minimum absolute atomic E-state index is 0.396. The molecule has 0 amide bonds. The molecule has 0 atom stereocenters. The Morgan fingerprint density at radius 3 is 2.88 bits per heavy atom. The van der Waals surface area contributed by atoms with Crippen LogP contribution in [0.5, 0.6) is 5.88 Å². The van der Waals surface area contributed by atoms with E-state index in [0.717, 1.165) is 19.4 Å². The molecule has 5 heteroatoms. The predicted molar refractivity (Wildman–Crippen MR) is 65.3 cm³/mol. The summed E-state index contributed by atoms with van der Waals surface area (Å²) in [5, 5.41) is 3.28. The van der Waals surface area contributed by atoms with Gasteiger partial charge in [-0.2, -0.15) is 4.98 Å². The molecular weight excluding hydrogens is 218 g/mol. The molecule has 1 fully saturated rings. The van der Waals surface area contributed by atoms with Crippen molar-refractivity contribution in [1.29, 1.82) is 0 Å². The average Bonchev–Trinajstić information content (AvgIpc) is 2.27. The highest BCUT2D eigenvalue weighted by atomic mass is 16.5. The zero-order valence-electron chi connectivity index (χ0n) is 10.3. The lowest BCUT2D eigenvalue weighted by Gasteiger charge is -2.35. The minimum Gasteiger partial charge on any atom is -0.478 e. The maximum atomic E-state index is 5.50. The van der Waals surface area contributed by atoms with Crippen LogP contribution in [0.4, 0.5) is 5.95 Å². The predicted octanol–water partition coefficient (Wildman–Crippen LogP) is 1.85. The van der Waals surface area contributed by atoms with Gasteiger partial charge in [-0.15, -0.1) is 0 Å². The number of nitrogens with one attached hydrogen (secondary N) is 1. The van der Waals surface area contributed by atoms with Crippen LogP contribution in [0.2, 0.25) is 0 Å². The highest BCUT2D eigenvalue weighted by Gasteiger charge is 2.29. The molecule has 1 heterocycles. The number of nitrogens with zero attached hydrogens (tertiary/aromatic N) is 2. The van der Waals surface area contributed by atoms with Crippen molar-refractivity contribution in [2.75, 3.05) is 18.5 Å². The van der Waals surface area contributed by atoms with Crippen LogP contribution in [-0.4, -0.2) is 35.3 Å². The van der Waals surface area contributed by atoms with Crippen molar-refractivity contribution >= 4 is 5.95 Å². The van der Waals surface area contributed by atoms with Crippen LogP contribution in [0, 0.1) is 0 Å². The molecule has 1 saturated carbocycles. The van der Waals surface area contributed by atoms with Crippen molar-refractivity contribution in [1.82, 2.24) is 9.97 Å². The normalized spacial score (nSPS) is 22.9. The summed E-state index contributed by atoms with van der Waals surface area (Å²) in [6.07, 6.45) is 4.15. The van der Waals surface area contributed by atoms with Crippen LogP contribution < -0.4 is 10.1 Å². The number of hydrogen-bond donors (Lipinski definition) is 1. The number of ether oxygens (including phenoxy) is 2. The zero-order valence-corrected chi connectivity index (χ0v) is 10.3. The van der Waals surface area contributed by atoms with Crippen LogP contribution in [0.1, 0.15) is 26.7 Å². The highest BCUT2D eigenvalue weighted by Crippen LogP contribution is 2.25. The molecule has 0 bridgehead atoms. The molecule has 1 aromatic rings. The van der Waals surface area contributed by atoms with Crippen LogP contribution in [0.15, 0.2) is 12.3 Å². The van der Waals surface area contributed by atoms with E-state index in [0.29, 0.717) is 30.6 Å². The van der Waals surface area contributed by atoms with Crippen molar-refractivity contribution in [3.8, 4) is 5.88 Å². The van der Waals surface area contributed by atoms with Gasteiger partial charge in [-0.05, 0) is 26.7 Å². The maximum absolute atomic E-state index is 5.50. The second-order valence-corrected chi connectivity index (χ2v) is 4.04. The summed E-state index contributed by atoms with van der Waals surface area (Å²) in [7, 11) is 0. The first-order valence-corrected chi connectivity index (χ1v) is 6.15. The van der Waals surface area contributed by atoms with Crippen molar-refractivity contribution in [3.05, 3.63) is 12.3 Å². The van der Waals surface area contributed by atoms with E-state index in [9.17, 15) is 0 Å². The van der Waals surface area contributed by atoms with E-state index in [2.05, 4.69) is 15.3 Å². The molecule has 0 unspecified atom stereocenters. The summed E-state index contributed by atoms with van der Waals surface area (Å²) in [5.41, 5.74) is 0. The molecule has 0 aromatic carbocycles. The Morgan fingerprint density at radius 1 is 1.35 bits per heavy atom. The topological polar surface area (TPSA) is 56.3 Å². The van der Waals surface area contributed by atoms with Gasteiger partial charge < -0.3 is 14.8 Å². The second kappa shape index (κ2) is 5.82. The molecule has 1 N–H and O–H groups in total. The molecular formula is C12H19N3O2. The lowest BCUT2D eigenvalue weighted by atomic mass is 9.89. The van der Waals surface area contributed by atoms with Crippen LogP contribution in [-0.2, 0) is 4.74 Å². The van der Waals surface area contributed by atoms with Crippen molar-refractivity contribution < 1.29 is 9.47 Å². The third kappa shape index (κ3) is 3.30. The Balaban J connectivity index is 1.81. The Hall–Kier alpha value is -1.36. The molecule has 94 valence electrons. The summed E-state index contributed by atoms with van der Waals surface area (Å²) in [4.78, 5) is 8.44. The lowest BCUT2D eigenvalue weighted by Crippen LogP contribution is -2.41. The Labute approximate surface area is 102 Å². The molecule has 0 radical (unpaired) electrons. The quantitative estimate of drug-likeness (QED) is 0.818. The third-order valence-electron chi connectivity index (χ3n) is 2.75. The van der Waals surface area contributed by atoms with E-state index < -0.39 is 0 Å².